The minimum atomic E-state index is -4.23. The van der Waals surface area contributed by atoms with Gasteiger partial charge in [-0.1, -0.05) is 0 Å². The third-order valence-electron chi connectivity index (χ3n) is 3.31. The van der Waals surface area contributed by atoms with E-state index in [9.17, 15) is 17.6 Å². The highest BCUT2D eigenvalue weighted by molar-refractivity contribution is 7.89. The summed E-state index contributed by atoms with van der Waals surface area (Å²) in [4.78, 5) is 10.8. The molecular weight excluding hydrogens is 301 g/mol. The Balaban J connectivity index is 2.50. The van der Waals surface area contributed by atoms with Gasteiger partial charge in [-0.25, -0.2) is 12.8 Å². The molecule has 4 N–H and O–H groups in total. The Morgan fingerprint density at radius 3 is 2.76 bits per heavy atom. The molecule has 1 heterocycles. The fraction of sp³-hybridized carbons (Fsp3) is 0.417. The smallest absolute Gasteiger partial charge is 0.246 e. The second-order valence-corrected chi connectivity index (χ2v) is 6.61. The number of morpholine rings is 1. The van der Waals surface area contributed by atoms with Gasteiger partial charge in [0, 0.05) is 12.2 Å². The summed E-state index contributed by atoms with van der Waals surface area (Å²) in [5.41, 5.74) is 11.4. The minimum absolute atomic E-state index is 0.0802. The van der Waals surface area contributed by atoms with E-state index in [0.29, 0.717) is 5.56 Å². The van der Waals surface area contributed by atoms with Crippen LogP contribution in [0.2, 0.25) is 0 Å². The van der Waals surface area contributed by atoms with Crippen LogP contribution < -0.4 is 11.5 Å². The number of primary amides is 1. The fourth-order valence-electron chi connectivity index (χ4n) is 2.09. The second-order valence-electron chi connectivity index (χ2n) is 4.75. The van der Waals surface area contributed by atoms with E-state index < -0.39 is 32.7 Å². The molecule has 1 unspecified atom stereocenters. The van der Waals surface area contributed by atoms with Crippen LogP contribution in [0.3, 0.4) is 0 Å². The maximum absolute atomic E-state index is 14.0. The maximum atomic E-state index is 14.0. The van der Waals surface area contributed by atoms with Crippen LogP contribution in [-0.2, 0) is 19.6 Å². The quantitative estimate of drug-likeness (QED) is 0.735. The molecule has 1 amide bonds. The Kier molecular flexibility index (Phi) is 4.17. The Bertz CT molecular complexity index is 677. The van der Waals surface area contributed by atoms with E-state index in [1.54, 1.807) is 6.92 Å². The Morgan fingerprint density at radius 2 is 2.14 bits per heavy atom. The highest BCUT2D eigenvalue weighted by atomic mass is 32.2. The van der Waals surface area contributed by atoms with Crippen molar-refractivity contribution in [2.75, 3.05) is 25.5 Å². The molecule has 0 aromatic heterocycles. The number of nitrogen functional groups attached to an aromatic ring is 1. The summed E-state index contributed by atoms with van der Waals surface area (Å²) in [5.74, 6) is -1.77. The lowest BCUT2D eigenvalue weighted by molar-refractivity contribution is -0.125. The number of sulfonamides is 1. The molecule has 0 aliphatic carbocycles. The van der Waals surface area contributed by atoms with Crippen molar-refractivity contribution in [2.45, 2.75) is 17.9 Å². The lowest BCUT2D eigenvalue weighted by Crippen LogP contribution is -2.54. The molecule has 1 aliphatic rings. The standard InChI is InChI=1S/C12H16FN3O4S/c1-7-4-8(13)11(5-9(7)14)21(18,19)16-2-3-20-6-10(16)12(15)17/h4-5,10H,2-3,6,14H2,1H3,(H2,15,17). The zero-order valence-corrected chi connectivity index (χ0v) is 12.2. The normalized spacial score (nSPS) is 20.4. The van der Waals surface area contributed by atoms with Crippen molar-refractivity contribution < 1.29 is 22.3 Å². The Morgan fingerprint density at radius 1 is 1.48 bits per heavy atom. The number of ether oxygens (including phenoxy) is 1. The van der Waals surface area contributed by atoms with Gasteiger partial charge in [0.15, 0.2) is 0 Å². The fourth-order valence-corrected chi connectivity index (χ4v) is 3.74. The van der Waals surface area contributed by atoms with Crippen LogP contribution in [0.4, 0.5) is 10.1 Å². The predicted molar refractivity (Wildman–Crippen MR) is 73.2 cm³/mol. The number of nitrogens with zero attached hydrogens (tertiary/aromatic N) is 1. The third-order valence-corrected chi connectivity index (χ3v) is 5.24. The zero-order valence-electron chi connectivity index (χ0n) is 11.4. The molecule has 0 bridgehead atoms. The third kappa shape index (κ3) is 2.85. The van der Waals surface area contributed by atoms with Crippen LogP contribution in [0.5, 0.6) is 0 Å². The van der Waals surface area contributed by atoms with E-state index in [4.69, 9.17) is 16.2 Å². The van der Waals surface area contributed by atoms with Gasteiger partial charge in [0.25, 0.3) is 0 Å². The number of benzene rings is 1. The highest BCUT2D eigenvalue weighted by Crippen LogP contribution is 2.26. The number of aryl methyl sites for hydroxylation is 1. The highest BCUT2D eigenvalue weighted by Gasteiger charge is 2.38. The van der Waals surface area contributed by atoms with E-state index >= 15 is 0 Å². The number of hydrogen-bond acceptors (Lipinski definition) is 5. The average Bonchev–Trinajstić information content (AvgIpc) is 2.42. The lowest BCUT2D eigenvalue weighted by Gasteiger charge is -2.32. The largest absolute Gasteiger partial charge is 0.398 e. The SMILES string of the molecule is Cc1cc(F)c(S(=O)(=O)N2CCOCC2C(N)=O)cc1N. The van der Waals surface area contributed by atoms with E-state index in [-0.39, 0.29) is 25.4 Å². The molecule has 1 aromatic rings. The number of halogens is 1. The molecule has 7 nitrogen and oxygen atoms in total. The summed E-state index contributed by atoms with van der Waals surface area (Å²) in [5, 5.41) is 0. The molecule has 1 aliphatic heterocycles. The molecule has 1 saturated heterocycles. The molecule has 1 fully saturated rings. The van der Waals surface area contributed by atoms with Crippen molar-refractivity contribution in [3.8, 4) is 0 Å². The van der Waals surface area contributed by atoms with Crippen LogP contribution >= 0.6 is 0 Å². The summed E-state index contributed by atoms with van der Waals surface area (Å²) in [6, 6.07) is 0.931. The first-order valence-corrected chi connectivity index (χ1v) is 7.63. The van der Waals surface area contributed by atoms with Gasteiger partial charge >= 0.3 is 0 Å². The number of nitrogens with two attached hydrogens (primary N) is 2. The van der Waals surface area contributed by atoms with Crippen molar-refractivity contribution in [3.05, 3.63) is 23.5 Å². The molecule has 2 rings (SSSR count). The minimum Gasteiger partial charge on any atom is -0.398 e. The topological polar surface area (TPSA) is 116 Å². The van der Waals surface area contributed by atoms with E-state index in [0.717, 1.165) is 16.4 Å². The van der Waals surface area contributed by atoms with Crippen molar-refractivity contribution in [2.24, 2.45) is 5.73 Å². The predicted octanol–water partition coefficient (Wildman–Crippen LogP) is -0.409. The van der Waals surface area contributed by atoms with E-state index in [1.165, 1.54) is 0 Å². The first kappa shape index (κ1) is 15.7. The lowest BCUT2D eigenvalue weighted by atomic mass is 10.2. The molecule has 21 heavy (non-hydrogen) atoms. The summed E-state index contributed by atoms with van der Waals surface area (Å²) in [6.07, 6.45) is 0. The van der Waals surface area contributed by atoms with Gasteiger partial charge in [0.1, 0.15) is 16.8 Å². The molecule has 9 heteroatoms. The summed E-state index contributed by atoms with van der Waals surface area (Å²) in [6.45, 7) is 1.43. The van der Waals surface area contributed by atoms with Gasteiger partial charge in [0.2, 0.25) is 15.9 Å². The van der Waals surface area contributed by atoms with Crippen LogP contribution in [0, 0.1) is 12.7 Å². The molecule has 1 aromatic carbocycles. The van der Waals surface area contributed by atoms with Crippen molar-refractivity contribution in [1.82, 2.24) is 4.31 Å². The molecule has 0 spiro atoms. The van der Waals surface area contributed by atoms with E-state index in [2.05, 4.69) is 0 Å². The van der Waals surface area contributed by atoms with Crippen molar-refractivity contribution in [1.29, 1.82) is 0 Å². The van der Waals surface area contributed by atoms with Crippen LogP contribution in [0.15, 0.2) is 17.0 Å². The first-order chi connectivity index (χ1) is 9.75. The molecule has 0 saturated carbocycles. The van der Waals surface area contributed by atoms with Crippen molar-refractivity contribution >= 4 is 21.6 Å². The Labute approximate surface area is 121 Å². The summed E-state index contributed by atoms with van der Waals surface area (Å²) < 4.78 is 45.0. The molecule has 0 radical (unpaired) electrons. The van der Waals surface area contributed by atoms with Crippen LogP contribution in [0.25, 0.3) is 0 Å². The molecule has 116 valence electrons. The monoisotopic (exact) mass is 317 g/mol. The number of amides is 1. The average molecular weight is 317 g/mol. The summed E-state index contributed by atoms with van der Waals surface area (Å²) >= 11 is 0. The van der Waals surface area contributed by atoms with E-state index in [1.807, 2.05) is 0 Å². The van der Waals surface area contributed by atoms with Crippen molar-refractivity contribution in [3.63, 3.8) is 0 Å². The number of carbonyl (C=O) groups excluding carboxylic acids is 1. The number of hydrogen-bond donors (Lipinski definition) is 2. The summed E-state index contributed by atoms with van der Waals surface area (Å²) in [7, 11) is -4.23. The van der Waals surface area contributed by atoms with Crippen LogP contribution in [-0.4, -0.2) is 44.4 Å². The van der Waals surface area contributed by atoms with Gasteiger partial charge < -0.3 is 16.2 Å². The molecule has 1 atom stereocenters. The van der Waals surface area contributed by atoms with Gasteiger partial charge in [-0.3, -0.25) is 4.79 Å². The van der Waals surface area contributed by atoms with Gasteiger partial charge in [-0.05, 0) is 24.6 Å². The first-order valence-electron chi connectivity index (χ1n) is 6.19. The van der Waals surface area contributed by atoms with Crippen LogP contribution in [0.1, 0.15) is 5.56 Å². The molecular formula is C12H16FN3O4S. The Hall–Kier alpha value is -1.71. The number of rotatable bonds is 3. The van der Waals surface area contributed by atoms with Gasteiger partial charge in [0.05, 0.1) is 13.2 Å². The maximum Gasteiger partial charge on any atom is 0.246 e. The number of anilines is 1. The second kappa shape index (κ2) is 5.58. The number of carbonyl (C=O) groups is 1. The van der Waals surface area contributed by atoms with Gasteiger partial charge in [-0.15, -0.1) is 0 Å². The van der Waals surface area contributed by atoms with Gasteiger partial charge in [-0.2, -0.15) is 4.31 Å². The zero-order chi connectivity index (χ0) is 15.8.